The van der Waals surface area contributed by atoms with Crippen LogP contribution >= 0.6 is 0 Å². The van der Waals surface area contributed by atoms with E-state index in [9.17, 15) is 8.42 Å². The van der Waals surface area contributed by atoms with Crippen LogP contribution in [0.4, 0.5) is 0 Å². The second kappa shape index (κ2) is 5.95. The second-order valence-corrected chi connectivity index (χ2v) is 6.53. The summed E-state index contributed by atoms with van der Waals surface area (Å²) in [5.74, 6) is 0.592. The second-order valence-electron chi connectivity index (χ2n) is 4.66. The van der Waals surface area contributed by atoms with Gasteiger partial charge in [-0.1, -0.05) is 13.8 Å². The van der Waals surface area contributed by atoms with Crippen molar-refractivity contribution in [2.45, 2.75) is 32.4 Å². The highest BCUT2D eigenvalue weighted by Crippen LogP contribution is 2.07. The third kappa shape index (κ3) is 4.37. The molecule has 2 N–H and O–H groups in total. The van der Waals surface area contributed by atoms with E-state index in [4.69, 9.17) is 4.74 Å². The molecule has 1 aliphatic rings. The molecule has 0 aliphatic carbocycles. The molecule has 0 radical (unpaired) electrons. The van der Waals surface area contributed by atoms with Crippen molar-refractivity contribution in [1.29, 1.82) is 0 Å². The zero-order valence-electron chi connectivity index (χ0n) is 10.2. The fourth-order valence-corrected chi connectivity index (χ4v) is 3.30. The standard InChI is InChI=1S/C10H22N2O3S/c1-8(2)4-5-16(13,14)12-9-6-11-7-10(9)15-3/h8-12H,4-7H2,1-3H3/t9?,10-/m0/s1. The van der Waals surface area contributed by atoms with Gasteiger partial charge in [0.1, 0.15) is 0 Å². The van der Waals surface area contributed by atoms with Crippen molar-refractivity contribution in [1.82, 2.24) is 10.0 Å². The lowest BCUT2D eigenvalue weighted by Gasteiger charge is -2.18. The summed E-state index contributed by atoms with van der Waals surface area (Å²) in [5, 5.41) is 3.11. The molecule has 0 aromatic rings. The van der Waals surface area contributed by atoms with Crippen LogP contribution in [0.2, 0.25) is 0 Å². The third-order valence-electron chi connectivity index (χ3n) is 2.76. The molecule has 0 saturated carbocycles. The number of rotatable bonds is 6. The third-order valence-corrected chi connectivity index (χ3v) is 4.19. The lowest BCUT2D eigenvalue weighted by molar-refractivity contribution is 0.103. The summed E-state index contributed by atoms with van der Waals surface area (Å²) in [6, 6.07) is -0.137. The Bertz CT molecular complexity index is 303. The van der Waals surface area contributed by atoms with Crippen molar-refractivity contribution in [2.75, 3.05) is 26.0 Å². The van der Waals surface area contributed by atoms with Gasteiger partial charge in [0.2, 0.25) is 10.0 Å². The van der Waals surface area contributed by atoms with Gasteiger partial charge in [0.15, 0.2) is 0 Å². The summed E-state index contributed by atoms with van der Waals surface area (Å²) >= 11 is 0. The molecule has 96 valence electrons. The first kappa shape index (κ1) is 13.9. The first-order valence-electron chi connectivity index (χ1n) is 5.68. The van der Waals surface area contributed by atoms with Crippen molar-refractivity contribution in [3.63, 3.8) is 0 Å². The van der Waals surface area contributed by atoms with E-state index < -0.39 is 10.0 Å². The molecule has 1 aliphatic heterocycles. The molecule has 1 rings (SSSR count). The lowest BCUT2D eigenvalue weighted by atomic mass is 10.2. The van der Waals surface area contributed by atoms with Gasteiger partial charge in [0.25, 0.3) is 0 Å². The van der Waals surface area contributed by atoms with E-state index in [-0.39, 0.29) is 17.9 Å². The Morgan fingerprint density at radius 2 is 2.12 bits per heavy atom. The number of ether oxygens (including phenoxy) is 1. The first-order valence-corrected chi connectivity index (χ1v) is 7.33. The Balaban J connectivity index is 2.45. The highest BCUT2D eigenvalue weighted by Gasteiger charge is 2.30. The summed E-state index contributed by atoms with van der Waals surface area (Å²) in [7, 11) is -1.57. The minimum absolute atomic E-state index is 0.0613. The quantitative estimate of drug-likeness (QED) is 0.693. The maximum Gasteiger partial charge on any atom is 0.211 e. The van der Waals surface area contributed by atoms with Gasteiger partial charge >= 0.3 is 0 Å². The fraction of sp³-hybridized carbons (Fsp3) is 1.00. The van der Waals surface area contributed by atoms with Crippen LogP contribution in [0.1, 0.15) is 20.3 Å². The predicted octanol–water partition coefficient (Wildman–Crippen LogP) is -0.0613. The molecule has 0 spiro atoms. The number of sulfonamides is 1. The first-order chi connectivity index (χ1) is 7.44. The summed E-state index contributed by atoms with van der Waals surface area (Å²) in [6.07, 6.45) is 0.626. The van der Waals surface area contributed by atoms with E-state index in [1.807, 2.05) is 13.8 Å². The van der Waals surface area contributed by atoms with Crippen molar-refractivity contribution >= 4 is 10.0 Å². The van der Waals surface area contributed by atoms with Gasteiger partial charge in [-0.2, -0.15) is 0 Å². The van der Waals surface area contributed by atoms with Crippen molar-refractivity contribution in [3.05, 3.63) is 0 Å². The zero-order chi connectivity index (χ0) is 12.2. The molecule has 6 heteroatoms. The molecule has 1 saturated heterocycles. The molecule has 1 heterocycles. The number of hydrogen-bond donors (Lipinski definition) is 2. The fourth-order valence-electron chi connectivity index (χ4n) is 1.70. The Kier molecular flexibility index (Phi) is 5.17. The van der Waals surface area contributed by atoms with E-state index in [1.54, 1.807) is 7.11 Å². The lowest BCUT2D eigenvalue weighted by Crippen LogP contribution is -2.44. The van der Waals surface area contributed by atoms with Crippen LogP contribution in [0.5, 0.6) is 0 Å². The van der Waals surface area contributed by atoms with Gasteiger partial charge in [0, 0.05) is 20.2 Å². The van der Waals surface area contributed by atoms with Gasteiger partial charge in [-0.15, -0.1) is 0 Å². The Hall–Kier alpha value is -0.170. The summed E-state index contributed by atoms with van der Waals surface area (Å²) < 4.78 is 31.4. The molecular weight excluding hydrogens is 228 g/mol. The molecule has 1 fully saturated rings. The van der Waals surface area contributed by atoms with Gasteiger partial charge in [-0.3, -0.25) is 0 Å². The molecule has 0 aromatic carbocycles. The van der Waals surface area contributed by atoms with Crippen LogP contribution in [-0.2, 0) is 14.8 Å². The van der Waals surface area contributed by atoms with Gasteiger partial charge in [-0.25, -0.2) is 13.1 Å². The molecule has 5 nitrogen and oxygen atoms in total. The van der Waals surface area contributed by atoms with Crippen molar-refractivity contribution < 1.29 is 13.2 Å². The van der Waals surface area contributed by atoms with Crippen LogP contribution in [0, 0.1) is 5.92 Å². The normalized spacial score (nSPS) is 26.5. The van der Waals surface area contributed by atoms with E-state index in [0.29, 0.717) is 25.4 Å². The summed E-state index contributed by atoms with van der Waals surface area (Å²) in [4.78, 5) is 0. The van der Waals surface area contributed by atoms with Crippen LogP contribution in [0.25, 0.3) is 0 Å². The van der Waals surface area contributed by atoms with E-state index in [2.05, 4.69) is 10.0 Å². The van der Waals surface area contributed by atoms with E-state index in [1.165, 1.54) is 0 Å². The van der Waals surface area contributed by atoms with Crippen LogP contribution in [0.15, 0.2) is 0 Å². The monoisotopic (exact) mass is 250 g/mol. The molecular formula is C10H22N2O3S. The highest BCUT2D eigenvalue weighted by atomic mass is 32.2. The largest absolute Gasteiger partial charge is 0.378 e. The molecule has 0 bridgehead atoms. The number of nitrogens with one attached hydrogen (secondary N) is 2. The average Bonchev–Trinajstić information content (AvgIpc) is 2.61. The Morgan fingerprint density at radius 1 is 1.44 bits per heavy atom. The zero-order valence-corrected chi connectivity index (χ0v) is 11.0. The predicted molar refractivity (Wildman–Crippen MR) is 63.8 cm³/mol. The van der Waals surface area contributed by atoms with Crippen LogP contribution in [-0.4, -0.2) is 46.5 Å². The highest BCUT2D eigenvalue weighted by molar-refractivity contribution is 7.89. The summed E-state index contributed by atoms with van der Waals surface area (Å²) in [6.45, 7) is 5.38. The van der Waals surface area contributed by atoms with Crippen molar-refractivity contribution in [3.8, 4) is 0 Å². The maximum atomic E-state index is 11.8. The van der Waals surface area contributed by atoms with Gasteiger partial charge in [-0.05, 0) is 12.3 Å². The van der Waals surface area contributed by atoms with Crippen molar-refractivity contribution in [2.24, 2.45) is 5.92 Å². The summed E-state index contributed by atoms with van der Waals surface area (Å²) in [5.41, 5.74) is 0. The maximum absolute atomic E-state index is 11.8. The SMILES string of the molecule is CO[C@H]1CNCC1NS(=O)(=O)CCC(C)C. The molecule has 0 aromatic heterocycles. The molecule has 1 unspecified atom stereocenters. The van der Waals surface area contributed by atoms with Gasteiger partial charge < -0.3 is 10.1 Å². The molecule has 2 atom stereocenters. The van der Waals surface area contributed by atoms with E-state index in [0.717, 1.165) is 0 Å². The molecule has 16 heavy (non-hydrogen) atoms. The minimum Gasteiger partial charge on any atom is -0.378 e. The Labute approximate surface area is 98.0 Å². The van der Waals surface area contributed by atoms with Crippen LogP contribution in [0.3, 0.4) is 0 Å². The number of hydrogen-bond acceptors (Lipinski definition) is 4. The number of methoxy groups -OCH3 is 1. The topological polar surface area (TPSA) is 67.4 Å². The van der Waals surface area contributed by atoms with Crippen LogP contribution < -0.4 is 10.0 Å². The van der Waals surface area contributed by atoms with E-state index >= 15 is 0 Å². The minimum atomic E-state index is -3.17. The Morgan fingerprint density at radius 3 is 2.69 bits per heavy atom. The van der Waals surface area contributed by atoms with Gasteiger partial charge in [0.05, 0.1) is 17.9 Å². The smallest absolute Gasteiger partial charge is 0.211 e. The molecule has 0 amide bonds. The average molecular weight is 250 g/mol.